The monoisotopic (exact) mass is 764 g/mol. The van der Waals surface area contributed by atoms with E-state index in [1.807, 2.05) is 9.80 Å². The highest BCUT2D eigenvalue weighted by Gasteiger charge is 2.44. The molecule has 4 aliphatic heterocycles. The van der Waals surface area contributed by atoms with E-state index in [-0.39, 0.29) is 66.7 Å². The van der Waals surface area contributed by atoms with E-state index in [2.05, 4.69) is 15.3 Å². The predicted octanol–water partition coefficient (Wildman–Crippen LogP) is 4.64. The molecule has 1 unspecified atom stereocenters. The summed E-state index contributed by atoms with van der Waals surface area (Å²) in [6, 6.07) is 13.8. The summed E-state index contributed by atoms with van der Waals surface area (Å²) in [5, 5.41) is 2.83. The number of nitrogens with one attached hydrogen (secondary N) is 1. The Morgan fingerprint density at radius 3 is 2.50 bits per heavy atom. The van der Waals surface area contributed by atoms with Crippen LogP contribution in [0.4, 0.5) is 4.39 Å². The summed E-state index contributed by atoms with van der Waals surface area (Å²) < 4.78 is 31.5. The first-order valence-corrected chi connectivity index (χ1v) is 18.8. The number of piperidine rings is 2. The third kappa shape index (κ3) is 7.20. The Morgan fingerprint density at radius 2 is 1.73 bits per heavy atom. The zero-order valence-corrected chi connectivity index (χ0v) is 30.9. The Labute approximate surface area is 321 Å². The van der Waals surface area contributed by atoms with Crippen molar-refractivity contribution in [2.24, 2.45) is 5.41 Å². The number of imide groups is 1. The van der Waals surface area contributed by atoms with Crippen molar-refractivity contribution in [1.29, 1.82) is 0 Å². The van der Waals surface area contributed by atoms with Gasteiger partial charge in [0.25, 0.3) is 11.8 Å². The van der Waals surface area contributed by atoms with Crippen molar-refractivity contribution in [2.45, 2.75) is 57.5 Å². The minimum atomic E-state index is -0.710. The zero-order valence-electron chi connectivity index (χ0n) is 30.9. The topological polar surface area (TPSA) is 161 Å². The van der Waals surface area contributed by atoms with E-state index < -0.39 is 17.8 Å². The van der Waals surface area contributed by atoms with Crippen LogP contribution >= 0.6 is 0 Å². The van der Waals surface area contributed by atoms with Crippen molar-refractivity contribution in [3.63, 3.8) is 0 Å². The molecule has 5 heterocycles. The summed E-state index contributed by atoms with van der Waals surface area (Å²) in [7, 11) is 1.51. The Balaban J connectivity index is 0.811. The van der Waals surface area contributed by atoms with Crippen LogP contribution in [0.2, 0.25) is 0 Å². The number of ether oxygens (including phenoxy) is 3. The SMILES string of the molecule is COc1cc2c(Oc3ccccc3F)ncnc2cc1OCCCC(=O)N1CCC2(CC1)CCN(C(=O)c1ccc3c(c1)CN(C1CCC(=O)NC1=O)C3=O)C2. The molecule has 1 atom stereocenters. The number of para-hydroxylation sites is 1. The maximum absolute atomic E-state index is 14.2. The number of carbonyl (C=O) groups excluding carboxylic acids is 5. The van der Waals surface area contributed by atoms with Crippen LogP contribution < -0.4 is 19.5 Å². The van der Waals surface area contributed by atoms with E-state index in [4.69, 9.17) is 14.2 Å². The van der Waals surface area contributed by atoms with Crippen molar-refractivity contribution in [3.8, 4) is 23.1 Å². The number of nitrogens with zero attached hydrogens (tertiary/aromatic N) is 5. The second kappa shape index (κ2) is 15.2. The van der Waals surface area contributed by atoms with Crippen molar-refractivity contribution >= 4 is 40.4 Å². The second-order valence-corrected chi connectivity index (χ2v) is 14.8. The fourth-order valence-corrected chi connectivity index (χ4v) is 8.23. The molecule has 0 bridgehead atoms. The number of aromatic nitrogens is 2. The van der Waals surface area contributed by atoms with E-state index >= 15 is 0 Å². The maximum atomic E-state index is 14.2. The molecule has 0 radical (unpaired) electrons. The number of likely N-dealkylation sites (tertiary alicyclic amines) is 2. The van der Waals surface area contributed by atoms with Gasteiger partial charge in [-0.3, -0.25) is 29.3 Å². The minimum Gasteiger partial charge on any atom is -0.493 e. The Bertz CT molecular complexity index is 2240. The van der Waals surface area contributed by atoms with Gasteiger partial charge in [-0.2, -0.15) is 0 Å². The fourth-order valence-electron chi connectivity index (χ4n) is 8.23. The molecular weight excluding hydrogens is 723 g/mol. The molecule has 8 rings (SSSR count). The van der Waals surface area contributed by atoms with E-state index in [0.29, 0.717) is 78.1 Å². The minimum absolute atomic E-state index is 0.0377. The zero-order chi connectivity index (χ0) is 39.0. The first-order valence-electron chi connectivity index (χ1n) is 18.8. The van der Waals surface area contributed by atoms with Crippen molar-refractivity contribution in [3.05, 3.63) is 83.4 Å². The molecule has 0 saturated carbocycles. The lowest BCUT2D eigenvalue weighted by Crippen LogP contribution is -2.52. The van der Waals surface area contributed by atoms with Gasteiger partial charge in [-0.05, 0) is 79.5 Å². The van der Waals surface area contributed by atoms with Crippen LogP contribution in [0.15, 0.2) is 60.9 Å². The normalized spacial score (nSPS) is 19.0. The number of benzene rings is 3. The smallest absolute Gasteiger partial charge is 0.255 e. The Kier molecular flexibility index (Phi) is 9.99. The van der Waals surface area contributed by atoms with Crippen molar-refractivity contribution < 1.29 is 42.6 Å². The molecule has 1 spiro atoms. The van der Waals surface area contributed by atoms with Gasteiger partial charge in [0.05, 0.1) is 24.6 Å². The van der Waals surface area contributed by atoms with E-state index in [1.54, 1.807) is 42.5 Å². The summed E-state index contributed by atoms with van der Waals surface area (Å²) in [5.74, 6) is -0.546. The number of fused-ring (bicyclic) bond motifs is 2. The number of hydrogen-bond acceptors (Lipinski definition) is 10. The summed E-state index contributed by atoms with van der Waals surface area (Å²) in [5.41, 5.74) is 2.14. The van der Waals surface area contributed by atoms with Gasteiger partial charge in [-0.1, -0.05) is 12.1 Å². The van der Waals surface area contributed by atoms with Gasteiger partial charge in [-0.25, -0.2) is 14.4 Å². The first kappa shape index (κ1) is 36.8. The third-order valence-electron chi connectivity index (χ3n) is 11.4. The first-order chi connectivity index (χ1) is 27.1. The molecule has 14 nitrogen and oxygen atoms in total. The number of hydrogen-bond donors (Lipinski definition) is 1. The van der Waals surface area contributed by atoms with Crippen LogP contribution in [-0.4, -0.2) is 100 Å². The van der Waals surface area contributed by atoms with Crippen LogP contribution in [0.5, 0.6) is 23.1 Å². The van der Waals surface area contributed by atoms with Crippen LogP contribution in [-0.2, 0) is 20.9 Å². The quantitative estimate of drug-likeness (QED) is 0.178. The van der Waals surface area contributed by atoms with Crippen LogP contribution in [0.1, 0.15) is 71.2 Å². The molecule has 4 aromatic rings. The lowest BCUT2D eigenvalue weighted by molar-refractivity contribution is -0.137. The van der Waals surface area contributed by atoms with E-state index in [0.717, 1.165) is 19.3 Å². The van der Waals surface area contributed by atoms with Gasteiger partial charge in [0.2, 0.25) is 23.6 Å². The van der Waals surface area contributed by atoms with Gasteiger partial charge in [0.15, 0.2) is 23.1 Å². The maximum Gasteiger partial charge on any atom is 0.255 e. The van der Waals surface area contributed by atoms with Crippen LogP contribution in [0, 0.1) is 11.2 Å². The largest absolute Gasteiger partial charge is 0.493 e. The third-order valence-corrected chi connectivity index (χ3v) is 11.4. The van der Waals surface area contributed by atoms with E-state index in [1.165, 1.54) is 30.5 Å². The highest BCUT2D eigenvalue weighted by Crippen LogP contribution is 2.41. The highest BCUT2D eigenvalue weighted by molar-refractivity contribution is 6.06. The van der Waals surface area contributed by atoms with E-state index in [9.17, 15) is 28.4 Å². The molecule has 3 saturated heterocycles. The standard InChI is InChI=1S/C41H41FN6O8/c1-54-33-20-28-30(43-24-44-38(28)56-32-6-3-2-5-29(32)42)21-34(33)55-18-4-7-36(50)46-15-12-41(13-16-46)14-17-47(23-41)39(52)25-8-9-27-26(19-25)22-48(40(27)53)31-10-11-35(49)45-37(31)51/h2-3,5-6,8-9,19-21,24,31H,4,7,10-18,22-23H2,1H3,(H,45,49,51). The summed E-state index contributed by atoms with van der Waals surface area (Å²) >= 11 is 0. The molecule has 3 aromatic carbocycles. The van der Waals surface area contributed by atoms with Crippen LogP contribution in [0.3, 0.4) is 0 Å². The molecule has 4 aliphatic rings. The predicted molar refractivity (Wildman–Crippen MR) is 199 cm³/mol. The highest BCUT2D eigenvalue weighted by atomic mass is 19.1. The van der Waals surface area contributed by atoms with Gasteiger partial charge < -0.3 is 28.9 Å². The van der Waals surface area contributed by atoms with Crippen molar-refractivity contribution in [1.82, 2.24) is 30.0 Å². The van der Waals surface area contributed by atoms with Gasteiger partial charge in [0.1, 0.15) is 12.4 Å². The summed E-state index contributed by atoms with van der Waals surface area (Å²) in [6.45, 7) is 2.95. The molecular formula is C41H41FN6O8. The lowest BCUT2D eigenvalue weighted by atomic mass is 9.77. The van der Waals surface area contributed by atoms with Gasteiger partial charge >= 0.3 is 0 Å². The Hall–Kier alpha value is -6.12. The molecule has 15 heteroatoms. The van der Waals surface area contributed by atoms with Gasteiger partial charge in [0, 0.05) is 62.8 Å². The van der Waals surface area contributed by atoms with Gasteiger partial charge in [-0.15, -0.1) is 0 Å². The molecule has 0 aliphatic carbocycles. The number of carbonyl (C=O) groups is 5. The molecule has 3 fully saturated rings. The van der Waals surface area contributed by atoms with Crippen LogP contribution in [0.25, 0.3) is 10.9 Å². The summed E-state index contributed by atoms with van der Waals surface area (Å²) in [6.07, 6.45) is 5.06. The van der Waals surface area contributed by atoms with Crippen molar-refractivity contribution in [2.75, 3.05) is 39.9 Å². The molecule has 56 heavy (non-hydrogen) atoms. The summed E-state index contributed by atoms with van der Waals surface area (Å²) in [4.78, 5) is 77.8. The average molecular weight is 765 g/mol. The molecule has 5 amide bonds. The Morgan fingerprint density at radius 1 is 0.946 bits per heavy atom. The number of rotatable bonds is 10. The molecule has 290 valence electrons. The number of halogens is 1. The molecule has 1 aromatic heterocycles. The number of amides is 5. The fraction of sp³-hybridized carbons (Fsp3) is 0.390. The second-order valence-electron chi connectivity index (χ2n) is 14.8. The average Bonchev–Trinajstić information content (AvgIpc) is 3.77. The number of methoxy groups -OCH3 is 1. The molecule has 1 N–H and O–H groups in total. The lowest BCUT2D eigenvalue weighted by Gasteiger charge is -2.39.